The Morgan fingerprint density at radius 1 is 1.53 bits per heavy atom. The van der Waals surface area contributed by atoms with Gasteiger partial charge in [-0.1, -0.05) is 0 Å². The summed E-state index contributed by atoms with van der Waals surface area (Å²) in [6.07, 6.45) is 2.06. The second-order valence-electron chi connectivity index (χ2n) is 3.68. The first-order chi connectivity index (χ1) is 8.13. The molecule has 6 nitrogen and oxygen atoms in total. The number of carbonyl (C=O) groups is 1. The monoisotopic (exact) mass is 235 g/mol. The number of imidazole rings is 1. The summed E-state index contributed by atoms with van der Waals surface area (Å²) < 4.78 is 1.61. The van der Waals surface area contributed by atoms with E-state index in [1.54, 1.807) is 10.5 Å². The lowest BCUT2D eigenvalue weighted by atomic mass is 10.3. The van der Waals surface area contributed by atoms with Crippen LogP contribution >= 0.6 is 0 Å². The van der Waals surface area contributed by atoms with Gasteiger partial charge >= 0.3 is 5.97 Å². The molecule has 17 heavy (non-hydrogen) atoms. The van der Waals surface area contributed by atoms with Gasteiger partial charge < -0.3 is 15.5 Å². The van der Waals surface area contributed by atoms with Gasteiger partial charge in [0.1, 0.15) is 11.6 Å². The van der Waals surface area contributed by atoms with Crippen LogP contribution in [0.1, 0.15) is 16.3 Å². The molecule has 0 fully saturated rings. The first-order valence-corrected chi connectivity index (χ1v) is 5.21. The summed E-state index contributed by atoms with van der Waals surface area (Å²) in [4.78, 5) is 15.1. The lowest BCUT2D eigenvalue weighted by molar-refractivity contribution is 0.0693. The average Bonchev–Trinajstić information content (AvgIpc) is 2.64. The SMILES string of the molecule is CNCCc1nc(C(=O)O)c2ccc(O)cn12. The molecule has 6 heteroatoms. The Balaban J connectivity index is 2.58. The van der Waals surface area contributed by atoms with Gasteiger partial charge in [0.2, 0.25) is 0 Å². The number of aromatic hydroxyl groups is 1. The lowest BCUT2D eigenvalue weighted by Gasteiger charge is -2.01. The van der Waals surface area contributed by atoms with Crippen LogP contribution in [0.2, 0.25) is 0 Å². The second-order valence-corrected chi connectivity index (χ2v) is 3.68. The van der Waals surface area contributed by atoms with E-state index in [-0.39, 0.29) is 11.4 Å². The van der Waals surface area contributed by atoms with Gasteiger partial charge in [0.15, 0.2) is 5.69 Å². The molecular weight excluding hydrogens is 222 g/mol. The molecule has 0 radical (unpaired) electrons. The second kappa shape index (κ2) is 4.42. The summed E-state index contributed by atoms with van der Waals surface area (Å²) in [6.45, 7) is 0.688. The summed E-state index contributed by atoms with van der Waals surface area (Å²) in [7, 11) is 1.81. The average molecular weight is 235 g/mol. The Morgan fingerprint density at radius 2 is 2.29 bits per heavy atom. The minimum absolute atomic E-state index is 0.0103. The molecule has 0 spiro atoms. The molecule has 0 atom stereocenters. The van der Waals surface area contributed by atoms with E-state index in [0.29, 0.717) is 24.3 Å². The van der Waals surface area contributed by atoms with E-state index in [4.69, 9.17) is 5.11 Å². The van der Waals surface area contributed by atoms with Gasteiger partial charge in [0.25, 0.3) is 0 Å². The third kappa shape index (κ3) is 2.07. The van der Waals surface area contributed by atoms with Crippen LogP contribution in [-0.4, -0.2) is 39.2 Å². The number of carboxylic acid groups (broad SMARTS) is 1. The molecule has 0 saturated carbocycles. The van der Waals surface area contributed by atoms with Crippen molar-refractivity contribution in [1.82, 2.24) is 14.7 Å². The Bertz CT molecular complexity index is 562. The highest BCUT2D eigenvalue weighted by molar-refractivity contribution is 5.93. The van der Waals surface area contributed by atoms with Crippen LogP contribution < -0.4 is 5.32 Å². The van der Waals surface area contributed by atoms with Crippen LogP contribution in [0.15, 0.2) is 18.3 Å². The minimum Gasteiger partial charge on any atom is -0.506 e. The zero-order valence-electron chi connectivity index (χ0n) is 9.34. The number of nitrogens with one attached hydrogen (secondary N) is 1. The molecule has 2 heterocycles. The normalized spacial score (nSPS) is 10.9. The Kier molecular flexibility index (Phi) is 2.97. The number of hydrogen-bond acceptors (Lipinski definition) is 4. The summed E-state index contributed by atoms with van der Waals surface area (Å²) in [6, 6.07) is 3.00. The molecule has 0 aliphatic carbocycles. The van der Waals surface area contributed by atoms with Gasteiger partial charge in [-0.3, -0.25) is 4.40 Å². The highest BCUT2D eigenvalue weighted by Crippen LogP contribution is 2.18. The number of likely N-dealkylation sites (N-methyl/N-ethyl adjacent to an activating group) is 1. The highest BCUT2D eigenvalue weighted by atomic mass is 16.4. The molecule has 0 unspecified atom stereocenters. The largest absolute Gasteiger partial charge is 0.506 e. The van der Waals surface area contributed by atoms with Crippen molar-refractivity contribution in [2.45, 2.75) is 6.42 Å². The maximum atomic E-state index is 11.0. The molecule has 0 saturated heterocycles. The molecule has 2 aromatic heterocycles. The first kappa shape index (κ1) is 11.4. The zero-order valence-corrected chi connectivity index (χ0v) is 9.34. The molecule has 0 amide bonds. The summed E-state index contributed by atoms with van der Waals surface area (Å²) in [5.41, 5.74) is 0.498. The zero-order chi connectivity index (χ0) is 12.4. The molecule has 90 valence electrons. The van der Waals surface area contributed by atoms with Gasteiger partial charge in [-0.2, -0.15) is 0 Å². The van der Waals surface area contributed by atoms with Crippen molar-refractivity contribution in [3.8, 4) is 5.75 Å². The number of hydrogen-bond donors (Lipinski definition) is 3. The Morgan fingerprint density at radius 3 is 2.94 bits per heavy atom. The number of rotatable bonds is 4. The molecule has 0 bridgehead atoms. The van der Waals surface area contributed by atoms with Crippen LogP contribution in [0, 0.1) is 0 Å². The number of aromatic nitrogens is 2. The van der Waals surface area contributed by atoms with Crippen LogP contribution in [0.3, 0.4) is 0 Å². The van der Waals surface area contributed by atoms with E-state index in [2.05, 4.69) is 10.3 Å². The maximum absolute atomic E-state index is 11.0. The van der Waals surface area contributed by atoms with Crippen molar-refractivity contribution in [3.63, 3.8) is 0 Å². The van der Waals surface area contributed by atoms with Crippen molar-refractivity contribution in [3.05, 3.63) is 29.8 Å². The van der Waals surface area contributed by atoms with Crippen LogP contribution in [0.4, 0.5) is 0 Å². The number of fused-ring (bicyclic) bond motifs is 1. The van der Waals surface area contributed by atoms with E-state index < -0.39 is 5.97 Å². The van der Waals surface area contributed by atoms with E-state index in [1.807, 2.05) is 7.05 Å². The van der Waals surface area contributed by atoms with Crippen molar-refractivity contribution in [2.24, 2.45) is 0 Å². The lowest BCUT2D eigenvalue weighted by Crippen LogP contribution is -2.12. The molecule has 0 aliphatic rings. The Hall–Kier alpha value is -2.08. The van der Waals surface area contributed by atoms with Gasteiger partial charge in [0.05, 0.1) is 11.7 Å². The molecule has 0 aliphatic heterocycles. The van der Waals surface area contributed by atoms with E-state index >= 15 is 0 Å². The van der Waals surface area contributed by atoms with E-state index in [1.165, 1.54) is 12.3 Å². The van der Waals surface area contributed by atoms with Gasteiger partial charge in [-0.05, 0) is 19.2 Å². The van der Waals surface area contributed by atoms with Crippen LogP contribution in [0.25, 0.3) is 5.52 Å². The number of aromatic carboxylic acids is 1. The minimum atomic E-state index is -1.07. The van der Waals surface area contributed by atoms with E-state index in [9.17, 15) is 9.90 Å². The predicted molar refractivity (Wildman–Crippen MR) is 61.4 cm³/mol. The van der Waals surface area contributed by atoms with E-state index in [0.717, 1.165) is 0 Å². The third-order valence-electron chi connectivity index (χ3n) is 2.50. The van der Waals surface area contributed by atoms with Crippen molar-refractivity contribution in [2.75, 3.05) is 13.6 Å². The summed E-state index contributed by atoms with van der Waals surface area (Å²) in [5.74, 6) is -0.371. The molecular formula is C11H13N3O3. The topological polar surface area (TPSA) is 86.9 Å². The smallest absolute Gasteiger partial charge is 0.356 e. The van der Waals surface area contributed by atoms with Crippen LogP contribution in [0.5, 0.6) is 5.75 Å². The fourth-order valence-corrected chi connectivity index (χ4v) is 1.71. The highest BCUT2D eigenvalue weighted by Gasteiger charge is 2.16. The molecule has 0 aromatic carbocycles. The molecule has 2 aromatic rings. The number of carboxylic acids is 1. The van der Waals surface area contributed by atoms with Crippen molar-refractivity contribution < 1.29 is 15.0 Å². The quantitative estimate of drug-likeness (QED) is 0.718. The molecule has 3 N–H and O–H groups in total. The standard InChI is InChI=1S/C11H13N3O3/c1-12-5-4-9-13-10(11(16)17)8-3-2-7(15)6-14(8)9/h2-3,6,12,15H,4-5H2,1H3,(H,16,17). The van der Waals surface area contributed by atoms with Crippen LogP contribution in [-0.2, 0) is 6.42 Å². The summed E-state index contributed by atoms with van der Waals surface area (Å²) in [5, 5.41) is 21.4. The van der Waals surface area contributed by atoms with Gasteiger partial charge in [0, 0.05) is 13.0 Å². The number of nitrogens with zero attached hydrogens (tertiary/aromatic N) is 2. The predicted octanol–water partition coefficient (Wildman–Crippen LogP) is 0.500. The maximum Gasteiger partial charge on any atom is 0.356 e. The van der Waals surface area contributed by atoms with Crippen molar-refractivity contribution >= 4 is 11.5 Å². The Labute approximate surface area is 97.5 Å². The third-order valence-corrected chi connectivity index (χ3v) is 2.50. The summed E-state index contributed by atoms with van der Waals surface area (Å²) >= 11 is 0. The number of pyridine rings is 1. The van der Waals surface area contributed by atoms with Crippen molar-refractivity contribution in [1.29, 1.82) is 0 Å². The van der Waals surface area contributed by atoms with Gasteiger partial charge in [-0.25, -0.2) is 9.78 Å². The fraction of sp³-hybridized carbons (Fsp3) is 0.273. The fourth-order valence-electron chi connectivity index (χ4n) is 1.71. The molecule has 2 rings (SSSR count). The van der Waals surface area contributed by atoms with Gasteiger partial charge in [-0.15, -0.1) is 0 Å². The first-order valence-electron chi connectivity index (χ1n) is 5.21.